The van der Waals surface area contributed by atoms with Crippen LogP contribution in [-0.2, 0) is 4.79 Å². The van der Waals surface area contributed by atoms with Gasteiger partial charge in [-0.15, -0.1) is 0 Å². The zero-order chi connectivity index (χ0) is 13.6. The second-order valence-corrected chi connectivity index (χ2v) is 8.40. The Morgan fingerprint density at radius 3 is 2.25 bits per heavy atom. The molecule has 5 rings (SSSR count). The fraction of sp³-hybridized carbons (Fsp3) is 0.944. The monoisotopic (exact) mass is 275 g/mol. The maximum Gasteiger partial charge on any atom is 0.137 e. The van der Waals surface area contributed by atoms with Gasteiger partial charge in [0, 0.05) is 0 Å². The highest BCUT2D eigenvalue weighted by Gasteiger charge is 2.50. The molecule has 1 aliphatic heterocycles. The highest BCUT2D eigenvalue weighted by molar-refractivity contribution is 5.57. The summed E-state index contributed by atoms with van der Waals surface area (Å²) >= 11 is 0. The Balaban J connectivity index is 1.40. The molecule has 112 valence electrons. The SMILES string of the molecule is O=CC1CCCCN1CCC12CC3CC(CC(C3)C1)C2. The number of rotatable bonds is 4. The van der Waals surface area contributed by atoms with Crippen molar-refractivity contribution in [2.24, 2.45) is 23.2 Å². The quantitative estimate of drug-likeness (QED) is 0.730. The molecule has 0 aromatic carbocycles. The van der Waals surface area contributed by atoms with E-state index in [4.69, 9.17) is 0 Å². The van der Waals surface area contributed by atoms with Crippen LogP contribution in [0.3, 0.4) is 0 Å². The van der Waals surface area contributed by atoms with E-state index < -0.39 is 0 Å². The molecule has 4 saturated carbocycles. The van der Waals surface area contributed by atoms with Gasteiger partial charge in [-0.1, -0.05) is 6.42 Å². The summed E-state index contributed by atoms with van der Waals surface area (Å²) in [6.07, 6.45) is 15.4. The van der Waals surface area contributed by atoms with E-state index in [-0.39, 0.29) is 6.04 Å². The van der Waals surface area contributed by atoms with Crippen molar-refractivity contribution in [2.75, 3.05) is 13.1 Å². The Hall–Kier alpha value is -0.370. The second-order valence-electron chi connectivity index (χ2n) is 8.40. The number of aldehydes is 1. The standard InChI is InChI=1S/C18H29NO/c20-13-17-3-1-2-5-19(17)6-4-18-10-14-7-15(11-18)9-16(8-14)12-18/h13-17H,1-12H2. The van der Waals surface area contributed by atoms with E-state index >= 15 is 0 Å². The van der Waals surface area contributed by atoms with E-state index in [0.717, 1.165) is 30.7 Å². The van der Waals surface area contributed by atoms with E-state index in [1.54, 1.807) is 19.3 Å². The van der Waals surface area contributed by atoms with Gasteiger partial charge in [-0.05, 0) is 94.0 Å². The van der Waals surface area contributed by atoms with E-state index in [2.05, 4.69) is 4.90 Å². The molecule has 0 spiro atoms. The number of carbonyl (C=O) groups is 1. The minimum atomic E-state index is 0.234. The van der Waals surface area contributed by atoms with Crippen molar-refractivity contribution in [1.82, 2.24) is 4.90 Å². The topological polar surface area (TPSA) is 20.3 Å². The lowest BCUT2D eigenvalue weighted by Crippen LogP contribution is -2.48. The van der Waals surface area contributed by atoms with Gasteiger partial charge in [0.15, 0.2) is 0 Å². The Kier molecular flexibility index (Phi) is 3.41. The minimum absolute atomic E-state index is 0.234. The van der Waals surface area contributed by atoms with E-state index in [1.165, 1.54) is 51.4 Å². The summed E-state index contributed by atoms with van der Waals surface area (Å²) in [4.78, 5) is 13.7. The van der Waals surface area contributed by atoms with E-state index in [9.17, 15) is 4.79 Å². The predicted molar refractivity (Wildman–Crippen MR) is 80.5 cm³/mol. The van der Waals surface area contributed by atoms with E-state index in [0.29, 0.717) is 5.41 Å². The molecule has 4 bridgehead atoms. The minimum Gasteiger partial charge on any atom is -0.302 e. The van der Waals surface area contributed by atoms with Crippen LogP contribution in [0.2, 0.25) is 0 Å². The van der Waals surface area contributed by atoms with Gasteiger partial charge in [-0.2, -0.15) is 0 Å². The van der Waals surface area contributed by atoms with Gasteiger partial charge < -0.3 is 4.79 Å². The third kappa shape index (κ3) is 2.34. The average Bonchev–Trinajstić information content (AvgIpc) is 2.44. The van der Waals surface area contributed by atoms with Crippen LogP contribution < -0.4 is 0 Å². The summed E-state index contributed by atoms with van der Waals surface area (Å²) < 4.78 is 0. The van der Waals surface area contributed by atoms with Crippen LogP contribution in [0.5, 0.6) is 0 Å². The lowest BCUT2D eigenvalue weighted by molar-refractivity contribution is -0.114. The second kappa shape index (κ2) is 5.12. The van der Waals surface area contributed by atoms with Crippen LogP contribution in [0.15, 0.2) is 0 Å². The number of piperidine rings is 1. The summed E-state index contributed by atoms with van der Waals surface area (Å²) in [6, 6.07) is 0.234. The first-order valence-corrected chi connectivity index (χ1v) is 8.96. The van der Waals surface area contributed by atoms with Gasteiger partial charge >= 0.3 is 0 Å². The van der Waals surface area contributed by atoms with Crippen LogP contribution in [0.1, 0.15) is 64.2 Å². The molecule has 0 aromatic heterocycles. The molecule has 0 aromatic rings. The Labute approximate surface area is 123 Å². The third-order valence-corrected chi connectivity index (χ3v) is 6.92. The van der Waals surface area contributed by atoms with Crippen molar-refractivity contribution in [3.05, 3.63) is 0 Å². The predicted octanol–water partition coefficient (Wildman–Crippen LogP) is 3.65. The largest absolute Gasteiger partial charge is 0.302 e. The van der Waals surface area contributed by atoms with Crippen LogP contribution in [0, 0.1) is 23.2 Å². The summed E-state index contributed by atoms with van der Waals surface area (Å²) in [5.74, 6) is 3.18. The molecule has 0 amide bonds. The summed E-state index contributed by atoms with van der Waals surface area (Å²) in [6.45, 7) is 2.35. The summed E-state index contributed by atoms with van der Waals surface area (Å²) in [5.41, 5.74) is 0.680. The van der Waals surface area contributed by atoms with Gasteiger partial charge in [0.1, 0.15) is 6.29 Å². The molecular formula is C18H29NO. The molecule has 20 heavy (non-hydrogen) atoms. The number of nitrogens with zero attached hydrogens (tertiary/aromatic N) is 1. The molecule has 1 atom stereocenters. The van der Waals surface area contributed by atoms with Gasteiger partial charge in [0.25, 0.3) is 0 Å². The first-order valence-electron chi connectivity index (χ1n) is 8.96. The van der Waals surface area contributed by atoms with Crippen molar-refractivity contribution < 1.29 is 4.79 Å². The van der Waals surface area contributed by atoms with Crippen molar-refractivity contribution in [1.29, 1.82) is 0 Å². The smallest absolute Gasteiger partial charge is 0.137 e. The summed E-state index contributed by atoms with van der Waals surface area (Å²) in [7, 11) is 0. The number of hydrogen-bond acceptors (Lipinski definition) is 2. The Bertz CT molecular complexity index is 342. The van der Waals surface area contributed by atoms with Gasteiger partial charge in [-0.3, -0.25) is 4.90 Å². The fourth-order valence-corrected chi connectivity index (χ4v) is 6.43. The van der Waals surface area contributed by atoms with Crippen molar-refractivity contribution in [2.45, 2.75) is 70.3 Å². The van der Waals surface area contributed by atoms with Crippen LogP contribution in [0.4, 0.5) is 0 Å². The van der Waals surface area contributed by atoms with Crippen LogP contribution in [-0.4, -0.2) is 30.3 Å². The Morgan fingerprint density at radius 1 is 1.00 bits per heavy atom. The summed E-state index contributed by atoms with van der Waals surface area (Å²) in [5, 5.41) is 0. The van der Waals surface area contributed by atoms with Crippen molar-refractivity contribution in [3.8, 4) is 0 Å². The first kappa shape index (κ1) is 13.3. The maximum atomic E-state index is 11.3. The molecule has 0 radical (unpaired) electrons. The normalized spacial score (nSPS) is 47.6. The van der Waals surface area contributed by atoms with Gasteiger partial charge in [0.2, 0.25) is 0 Å². The van der Waals surface area contributed by atoms with Gasteiger partial charge in [-0.25, -0.2) is 0 Å². The molecule has 4 aliphatic carbocycles. The highest BCUT2D eigenvalue weighted by atomic mass is 16.1. The lowest BCUT2D eigenvalue weighted by atomic mass is 9.49. The average molecular weight is 275 g/mol. The van der Waals surface area contributed by atoms with E-state index in [1.807, 2.05) is 0 Å². The maximum absolute atomic E-state index is 11.3. The van der Waals surface area contributed by atoms with Crippen molar-refractivity contribution in [3.63, 3.8) is 0 Å². The molecule has 2 heteroatoms. The van der Waals surface area contributed by atoms with Crippen LogP contribution in [0.25, 0.3) is 0 Å². The van der Waals surface area contributed by atoms with Gasteiger partial charge in [0.05, 0.1) is 6.04 Å². The number of likely N-dealkylation sites (tertiary alicyclic amines) is 1. The molecule has 1 unspecified atom stereocenters. The van der Waals surface area contributed by atoms with Crippen LogP contribution >= 0.6 is 0 Å². The fourth-order valence-electron chi connectivity index (χ4n) is 6.43. The Morgan fingerprint density at radius 2 is 1.65 bits per heavy atom. The molecule has 2 nitrogen and oxygen atoms in total. The molecule has 1 saturated heterocycles. The number of hydrogen-bond donors (Lipinski definition) is 0. The lowest BCUT2D eigenvalue weighted by Gasteiger charge is -2.57. The molecule has 1 heterocycles. The van der Waals surface area contributed by atoms with Crippen molar-refractivity contribution >= 4 is 6.29 Å². The zero-order valence-corrected chi connectivity index (χ0v) is 12.7. The molecule has 5 aliphatic rings. The molecular weight excluding hydrogens is 246 g/mol. The molecule has 0 N–H and O–H groups in total. The third-order valence-electron chi connectivity index (χ3n) is 6.92. The highest BCUT2D eigenvalue weighted by Crippen LogP contribution is 2.61. The number of carbonyl (C=O) groups excluding carboxylic acids is 1. The first-order chi connectivity index (χ1) is 9.76. The zero-order valence-electron chi connectivity index (χ0n) is 12.7. The molecule has 5 fully saturated rings.